The molecule has 1 aliphatic rings. The van der Waals surface area contributed by atoms with E-state index in [4.69, 9.17) is 0 Å². The number of hydrogen-bond acceptors (Lipinski definition) is 4. The molecule has 0 saturated carbocycles. The van der Waals surface area contributed by atoms with Gasteiger partial charge < -0.3 is 4.90 Å². The fraction of sp³-hybridized carbons (Fsp3) is 0.562. The van der Waals surface area contributed by atoms with Gasteiger partial charge in [0, 0.05) is 18.2 Å². The highest BCUT2D eigenvalue weighted by molar-refractivity contribution is 5.25. The van der Waals surface area contributed by atoms with E-state index in [1.54, 1.807) is 6.33 Å². The second-order valence-electron chi connectivity index (χ2n) is 5.93. The summed E-state index contributed by atoms with van der Waals surface area (Å²) in [5.74, 6) is 2.21. The molecule has 0 aliphatic carbocycles. The summed E-state index contributed by atoms with van der Waals surface area (Å²) in [6, 6.07) is 5.99. The zero-order chi connectivity index (χ0) is 14.7. The van der Waals surface area contributed by atoms with Gasteiger partial charge in [0.15, 0.2) is 5.82 Å². The SMILES string of the molecule is Cc1cccc(-n2ncnc2[C@@H](C)CN2CCCCC2)n1. The summed E-state index contributed by atoms with van der Waals surface area (Å²) in [6.45, 7) is 7.69. The van der Waals surface area contributed by atoms with Crippen molar-refractivity contribution in [3.05, 3.63) is 36.0 Å². The smallest absolute Gasteiger partial charge is 0.155 e. The molecule has 5 heteroatoms. The second-order valence-corrected chi connectivity index (χ2v) is 5.93. The Bertz CT molecular complexity index is 586. The predicted molar refractivity (Wildman–Crippen MR) is 82.6 cm³/mol. The topological polar surface area (TPSA) is 46.8 Å². The first-order valence-electron chi connectivity index (χ1n) is 7.80. The second kappa shape index (κ2) is 6.35. The monoisotopic (exact) mass is 285 g/mol. The lowest BCUT2D eigenvalue weighted by molar-refractivity contribution is 0.216. The van der Waals surface area contributed by atoms with E-state index in [0.29, 0.717) is 5.92 Å². The molecule has 0 unspecified atom stereocenters. The van der Waals surface area contributed by atoms with E-state index in [0.717, 1.165) is 23.9 Å². The molecule has 0 amide bonds. The van der Waals surface area contributed by atoms with Crippen molar-refractivity contribution in [2.45, 2.75) is 39.0 Å². The van der Waals surface area contributed by atoms with Gasteiger partial charge in [0.25, 0.3) is 0 Å². The van der Waals surface area contributed by atoms with Crippen LogP contribution in [0.3, 0.4) is 0 Å². The summed E-state index contributed by atoms with van der Waals surface area (Å²) < 4.78 is 1.88. The van der Waals surface area contributed by atoms with E-state index < -0.39 is 0 Å². The fourth-order valence-electron chi connectivity index (χ4n) is 3.02. The molecule has 21 heavy (non-hydrogen) atoms. The highest BCUT2D eigenvalue weighted by atomic mass is 15.4. The standard InChI is InChI=1S/C16H23N5/c1-13(11-20-9-4-3-5-10-20)16-17-12-18-21(16)15-8-6-7-14(2)19-15/h6-8,12-13H,3-5,9-11H2,1-2H3/t13-/m0/s1. The molecule has 3 heterocycles. The Morgan fingerprint density at radius 1 is 1.19 bits per heavy atom. The van der Waals surface area contributed by atoms with Gasteiger partial charge in [-0.3, -0.25) is 0 Å². The van der Waals surface area contributed by atoms with E-state index in [1.165, 1.54) is 32.4 Å². The lowest BCUT2D eigenvalue weighted by atomic mass is 10.1. The molecule has 0 radical (unpaired) electrons. The molecular weight excluding hydrogens is 262 g/mol. The van der Waals surface area contributed by atoms with Crippen LogP contribution in [0, 0.1) is 6.92 Å². The van der Waals surface area contributed by atoms with E-state index >= 15 is 0 Å². The molecule has 3 rings (SSSR count). The van der Waals surface area contributed by atoms with Gasteiger partial charge in [-0.2, -0.15) is 9.78 Å². The number of aryl methyl sites for hydroxylation is 1. The van der Waals surface area contributed by atoms with Crippen LogP contribution in [-0.4, -0.2) is 44.3 Å². The number of piperidine rings is 1. The predicted octanol–water partition coefficient (Wildman–Crippen LogP) is 2.56. The van der Waals surface area contributed by atoms with E-state index in [2.05, 4.69) is 26.9 Å². The summed E-state index contributed by atoms with van der Waals surface area (Å²) in [7, 11) is 0. The maximum atomic E-state index is 4.55. The zero-order valence-electron chi connectivity index (χ0n) is 12.9. The van der Waals surface area contributed by atoms with Crippen molar-refractivity contribution in [1.82, 2.24) is 24.6 Å². The first-order valence-corrected chi connectivity index (χ1v) is 7.80. The molecule has 2 aromatic heterocycles. The van der Waals surface area contributed by atoms with Crippen LogP contribution < -0.4 is 0 Å². The normalized spacial score (nSPS) is 17.8. The molecule has 0 N–H and O–H groups in total. The van der Waals surface area contributed by atoms with Gasteiger partial charge in [0.2, 0.25) is 0 Å². The Labute approximate surface area is 126 Å². The molecule has 0 aromatic carbocycles. The van der Waals surface area contributed by atoms with Crippen molar-refractivity contribution in [3.8, 4) is 5.82 Å². The molecule has 1 aliphatic heterocycles. The fourth-order valence-corrected chi connectivity index (χ4v) is 3.02. The minimum absolute atomic E-state index is 0.355. The third-order valence-corrected chi connectivity index (χ3v) is 4.09. The van der Waals surface area contributed by atoms with Gasteiger partial charge in [-0.05, 0) is 45.0 Å². The van der Waals surface area contributed by atoms with Crippen molar-refractivity contribution in [2.75, 3.05) is 19.6 Å². The average Bonchev–Trinajstić information content (AvgIpc) is 2.98. The lowest BCUT2D eigenvalue weighted by Crippen LogP contribution is -2.33. The Morgan fingerprint density at radius 3 is 2.76 bits per heavy atom. The van der Waals surface area contributed by atoms with Crippen LogP contribution in [0.2, 0.25) is 0 Å². The minimum Gasteiger partial charge on any atom is -0.303 e. The third kappa shape index (κ3) is 3.29. The van der Waals surface area contributed by atoms with Crippen LogP contribution in [0.5, 0.6) is 0 Å². The van der Waals surface area contributed by atoms with Gasteiger partial charge in [-0.25, -0.2) is 9.97 Å². The van der Waals surface area contributed by atoms with Crippen molar-refractivity contribution in [3.63, 3.8) is 0 Å². The number of aromatic nitrogens is 4. The largest absolute Gasteiger partial charge is 0.303 e. The first-order chi connectivity index (χ1) is 10.2. The van der Waals surface area contributed by atoms with Gasteiger partial charge in [0.05, 0.1) is 0 Å². The van der Waals surface area contributed by atoms with E-state index in [9.17, 15) is 0 Å². The van der Waals surface area contributed by atoms with Gasteiger partial charge in [-0.15, -0.1) is 0 Å². The Hall–Kier alpha value is -1.75. The number of pyridine rings is 1. The first kappa shape index (κ1) is 14.2. The molecule has 1 fully saturated rings. The Morgan fingerprint density at radius 2 is 2.00 bits per heavy atom. The number of hydrogen-bond donors (Lipinski definition) is 0. The highest BCUT2D eigenvalue weighted by Gasteiger charge is 2.19. The van der Waals surface area contributed by atoms with Crippen molar-refractivity contribution in [2.24, 2.45) is 0 Å². The maximum Gasteiger partial charge on any atom is 0.155 e. The number of nitrogens with zero attached hydrogens (tertiary/aromatic N) is 5. The zero-order valence-corrected chi connectivity index (χ0v) is 12.9. The van der Waals surface area contributed by atoms with Crippen LogP contribution in [0.15, 0.2) is 24.5 Å². The van der Waals surface area contributed by atoms with Crippen molar-refractivity contribution in [1.29, 1.82) is 0 Å². The summed E-state index contributed by atoms with van der Waals surface area (Å²) in [4.78, 5) is 11.6. The summed E-state index contributed by atoms with van der Waals surface area (Å²) in [5, 5.41) is 4.37. The Kier molecular flexibility index (Phi) is 4.29. The maximum absolute atomic E-state index is 4.55. The molecule has 0 spiro atoms. The minimum atomic E-state index is 0.355. The summed E-state index contributed by atoms with van der Waals surface area (Å²) in [5.41, 5.74) is 0.998. The van der Waals surface area contributed by atoms with E-state index in [1.807, 2.05) is 29.8 Å². The average molecular weight is 285 g/mol. The molecule has 112 valence electrons. The summed E-state index contributed by atoms with van der Waals surface area (Å²) >= 11 is 0. The van der Waals surface area contributed by atoms with Gasteiger partial charge >= 0.3 is 0 Å². The molecule has 5 nitrogen and oxygen atoms in total. The van der Waals surface area contributed by atoms with Gasteiger partial charge in [0.1, 0.15) is 12.2 Å². The van der Waals surface area contributed by atoms with Crippen molar-refractivity contribution >= 4 is 0 Å². The van der Waals surface area contributed by atoms with Crippen LogP contribution >= 0.6 is 0 Å². The molecular formula is C16H23N5. The van der Waals surface area contributed by atoms with Crippen molar-refractivity contribution < 1.29 is 0 Å². The Balaban J connectivity index is 1.78. The van der Waals surface area contributed by atoms with Crippen LogP contribution in [0.4, 0.5) is 0 Å². The summed E-state index contributed by atoms with van der Waals surface area (Å²) in [6.07, 6.45) is 5.64. The van der Waals surface area contributed by atoms with Crippen LogP contribution in [0.25, 0.3) is 5.82 Å². The molecule has 1 saturated heterocycles. The molecule has 1 atom stereocenters. The lowest BCUT2D eigenvalue weighted by Gasteiger charge is -2.28. The van der Waals surface area contributed by atoms with Crippen LogP contribution in [-0.2, 0) is 0 Å². The van der Waals surface area contributed by atoms with E-state index in [-0.39, 0.29) is 0 Å². The van der Waals surface area contributed by atoms with Crippen LogP contribution in [0.1, 0.15) is 43.6 Å². The number of rotatable bonds is 4. The molecule has 0 bridgehead atoms. The number of likely N-dealkylation sites (tertiary alicyclic amines) is 1. The quantitative estimate of drug-likeness (QED) is 0.866. The van der Waals surface area contributed by atoms with Gasteiger partial charge in [-0.1, -0.05) is 19.4 Å². The third-order valence-electron chi connectivity index (χ3n) is 4.09. The molecule has 2 aromatic rings. The highest BCUT2D eigenvalue weighted by Crippen LogP contribution is 2.19.